The van der Waals surface area contributed by atoms with Crippen LogP contribution in [0.2, 0.25) is 0 Å². The summed E-state index contributed by atoms with van der Waals surface area (Å²) in [5.74, 6) is 2.59. The molecule has 1 fully saturated rings. The van der Waals surface area contributed by atoms with Crippen LogP contribution >= 0.6 is 0 Å². The first-order chi connectivity index (χ1) is 8.74. The molecule has 0 radical (unpaired) electrons. The number of aromatic nitrogens is 2. The first kappa shape index (κ1) is 13.1. The van der Waals surface area contributed by atoms with Crippen LogP contribution in [0, 0.1) is 0 Å². The van der Waals surface area contributed by atoms with E-state index in [0.717, 1.165) is 24.0 Å². The van der Waals surface area contributed by atoms with E-state index < -0.39 is 0 Å². The summed E-state index contributed by atoms with van der Waals surface area (Å²) in [7, 11) is 3.54. The molecule has 1 aliphatic heterocycles. The number of anilines is 2. The number of methoxy groups -OCH3 is 1. The van der Waals surface area contributed by atoms with Gasteiger partial charge >= 0.3 is 0 Å². The van der Waals surface area contributed by atoms with Crippen molar-refractivity contribution in [3.8, 4) is 0 Å². The van der Waals surface area contributed by atoms with Crippen molar-refractivity contribution in [2.45, 2.75) is 38.8 Å². The topological polar surface area (TPSA) is 50.3 Å². The van der Waals surface area contributed by atoms with Crippen molar-refractivity contribution in [3.63, 3.8) is 0 Å². The molecule has 0 aromatic carbocycles. The molecule has 1 N–H and O–H groups in total. The van der Waals surface area contributed by atoms with E-state index in [1.807, 2.05) is 13.1 Å². The Labute approximate surface area is 109 Å². The molecule has 1 aliphatic rings. The molecule has 1 unspecified atom stereocenters. The number of rotatable bonds is 4. The number of hydrogen-bond donors (Lipinski definition) is 1. The monoisotopic (exact) mass is 250 g/mol. The van der Waals surface area contributed by atoms with Crippen LogP contribution in [0.15, 0.2) is 6.07 Å². The molecule has 2 heterocycles. The van der Waals surface area contributed by atoms with E-state index in [0.29, 0.717) is 12.6 Å². The Hall–Kier alpha value is -1.36. The summed E-state index contributed by atoms with van der Waals surface area (Å²) in [6.07, 6.45) is 3.79. The molecular formula is C13H22N4O. The Morgan fingerprint density at radius 3 is 2.94 bits per heavy atom. The van der Waals surface area contributed by atoms with Crippen LogP contribution in [0.5, 0.6) is 0 Å². The number of hydrogen-bond acceptors (Lipinski definition) is 5. The number of nitrogens with zero attached hydrogens (tertiary/aromatic N) is 3. The lowest BCUT2D eigenvalue weighted by Gasteiger charge is -2.34. The molecule has 1 aromatic heterocycles. The lowest BCUT2D eigenvalue weighted by molar-refractivity contribution is 0.178. The van der Waals surface area contributed by atoms with Crippen molar-refractivity contribution in [3.05, 3.63) is 11.9 Å². The predicted molar refractivity (Wildman–Crippen MR) is 73.0 cm³/mol. The summed E-state index contributed by atoms with van der Waals surface area (Å²) in [6.45, 7) is 3.79. The molecule has 1 saturated heterocycles. The minimum absolute atomic E-state index is 0.449. The fourth-order valence-corrected chi connectivity index (χ4v) is 2.39. The Kier molecular flexibility index (Phi) is 4.36. The summed E-state index contributed by atoms with van der Waals surface area (Å²) in [6, 6.07) is 2.56. The van der Waals surface area contributed by atoms with Gasteiger partial charge in [-0.15, -0.1) is 0 Å². The standard InChI is InChI=1S/C13H22N4O/c1-10-6-4-5-7-17(10)13-8-11(14-2)15-12(16-13)9-18-3/h8,10H,4-7,9H2,1-3H3,(H,14,15,16). The fourth-order valence-electron chi connectivity index (χ4n) is 2.39. The summed E-state index contributed by atoms with van der Waals surface area (Å²) in [5.41, 5.74) is 0. The Morgan fingerprint density at radius 1 is 1.44 bits per heavy atom. The number of piperidine rings is 1. The molecule has 18 heavy (non-hydrogen) atoms. The highest BCUT2D eigenvalue weighted by molar-refractivity contribution is 5.50. The van der Waals surface area contributed by atoms with Gasteiger partial charge in [-0.2, -0.15) is 0 Å². The fraction of sp³-hybridized carbons (Fsp3) is 0.692. The molecule has 0 aliphatic carbocycles. The van der Waals surface area contributed by atoms with Crippen molar-refractivity contribution in [1.82, 2.24) is 9.97 Å². The molecule has 0 amide bonds. The van der Waals surface area contributed by atoms with Crippen molar-refractivity contribution in [2.24, 2.45) is 0 Å². The zero-order valence-corrected chi connectivity index (χ0v) is 11.4. The molecule has 1 aromatic rings. The van der Waals surface area contributed by atoms with Gasteiger partial charge in [0.1, 0.15) is 18.2 Å². The van der Waals surface area contributed by atoms with Gasteiger partial charge in [0.25, 0.3) is 0 Å². The third-order valence-electron chi connectivity index (χ3n) is 3.39. The van der Waals surface area contributed by atoms with Gasteiger partial charge in [-0.25, -0.2) is 9.97 Å². The van der Waals surface area contributed by atoms with Crippen LogP contribution in [-0.4, -0.2) is 36.7 Å². The highest BCUT2D eigenvalue weighted by Crippen LogP contribution is 2.24. The lowest BCUT2D eigenvalue weighted by atomic mass is 10.0. The second kappa shape index (κ2) is 6.00. The van der Waals surface area contributed by atoms with Crippen molar-refractivity contribution >= 4 is 11.6 Å². The summed E-state index contributed by atoms with van der Waals surface area (Å²) < 4.78 is 5.13. The van der Waals surface area contributed by atoms with Gasteiger partial charge in [0.15, 0.2) is 5.82 Å². The van der Waals surface area contributed by atoms with Gasteiger partial charge in [-0.1, -0.05) is 0 Å². The largest absolute Gasteiger partial charge is 0.377 e. The van der Waals surface area contributed by atoms with E-state index in [2.05, 4.69) is 27.1 Å². The summed E-state index contributed by atoms with van der Waals surface area (Å²) in [4.78, 5) is 11.3. The molecule has 0 spiro atoms. The van der Waals surface area contributed by atoms with Gasteiger partial charge in [0.2, 0.25) is 0 Å². The third kappa shape index (κ3) is 2.90. The molecule has 5 nitrogen and oxygen atoms in total. The second-order valence-corrected chi connectivity index (χ2v) is 4.75. The van der Waals surface area contributed by atoms with E-state index in [4.69, 9.17) is 4.74 Å². The maximum Gasteiger partial charge on any atom is 0.158 e. The van der Waals surface area contributed by atoms with Crippen LogP contribution in [0.4, 0.5) is 11.6 Å². The SMILES string of the molecule is CNc1cc(N2CCCCC2C)nc(COC)n1. The van der Waals surface area contributed by atoms with E-state index in [9.17, 15) is 0 Å². The van der Waals surface area contributed by atoms with Crippen LogP contribution in [-0.2, 0) is 11.3 Å². The molecule has 5 heteroatoms. The van der Waals surface area contributed by atoms with Gasteiger partial charge in [0.05, 0.1) is 0 Å². The molecule has 0 bridgehead atoms. The zero-order chi connectivity index (χ0) is 13.0. The molecule has 1 atom stereocenters. The normalized spacial score (nSPS) is 19.9. The molecule has 100 valence electrons. The molecule has 0 saturated carbocycles. The number of nitrogens with one attached hydrogen (secondary N) is 1. The summed E-state index contributed by atoms with van der Waals surface area (Å²) in [5, 5.41) is 3.09. The maximum atomic E-state index is 5.13. The van der Waals surface area contributed by atoms with E-state index >= 15 is 0 Å². The second-order valence-electron chi connectivity index (χ2n) is 4.75. The van der Waals surface area contributed by atoms with Gasteiger partial charge in [0, 0.05) is 32.8 Å². The zero-order valence-electron chi connectivity index (χ0n) is 11.4. The minimum Gasteiger partial charge on any atom is -0.377 e. The first-order valence-corrected chi connectivity index (χ1v) is 6.56. The van der Waals surface area contributed by atoms with Crippen molar-refractivity contribution in [1.29, 1.82) is 0 Å². The van der Waals surface area contributed by atoms with Crippen LogP contribution in [0.3, 0.4) is 0 Å². The van der Waals surface area contributed by atoms with Crippen LogP contribution < -0.4 is 10.2 Å². The Balaban J connectivity index is 2.27. The average molecular weight is 250 g/mol. The lowest BCUT2D eigenvalue weighted by Crippen LogP contribution is -2.38. The highest BCUT2D eigenvalue weighted by Gasteiger charge is 2.20. The molecule has 2 rings (SSSR count). The minimum atomic E-state index is 0.449. The Morgan fingerprint density at radius 2 is 2.28 bits per heavy atom. The number of ether oxygens (including phenoxy) is 1. The average Bonchev–Trinajstić information content (AvgIpc) is 2.39. The summed E-state index contributed by atoms with van der Waals surface area (Å²) >= 11 is 0. The first-order valence-electron chi connectivity index (χ1n) is 6.56. The van der Waals surface area contributed by atoms with E-state index in [1.54, 1.807) is 7.11 Å². The quantitative estimate of drug-likeness (QED) is 0.886. The highest BCUT2D eigenvalue weighted by atomic mass is 16.5. The predicted octanol–water partition coefficient (Wildman–Crippen LogP) is 2.04. The van der Waals surface area contributed by atoms with Crippen molar-refractivity contribution in [2.75, 3.05) is 30.9 Å². The van der Waals surface area contributed by atoms with Gasteiger partial charge in [-0.05, 0) is 26.2 Å². The smallest absolute Gasteiger partial charge is 0.158 e. The van der Waals surface area contributed by atoms with Crippen LogP contribution in [0.25, 0.3) is 0 Å². The Bertz CT molecular complexity index is 397. The third-order valence-corrected chi connectivity index (χ3v) is 3.39. The maximum absolute atomic E-state index is 5.13. The van der Waals surface area contributed by atoms with E-state index in [1.165, 1.54) is 19.3 Å². The molecular weight excluding hydrogens is 228 g/mol. The van der Waals surface area contributed by atoms with Gasteiger partial charge in [-0.3, -0.25) is 0 Å². The van der Waals surface area contributed by atoms with Crippen molar-refractivity contribution < 1.29 is 4.74 Å². The van der Waals surface area contributed by atoms with Gasteiger partial charge < -0.3 is 15.0 Å². The van der Waals surface area contributed by atoms with E-state index in [-0.39, 0.29) is 0 Å². The van der Waals surface area contributed by atoms with Crippen LogP contribution in [0.1, 0.15) is 32.0 Å².